The molecule has 2 unspecified atom stereocenters. The van der Waals surface area contributed by atoms with E-state index < -0.39 is 0 Å². The maximum absolute atomic E-state index is 4.30. The summed E-state index contributed by atoms with van der Waals surface area (Å²) >= 11 is 0. The van der Waals surface area contributed by atoms with Crippen molar-refractivity contribution in [1.82, 2.24) is 24.9 Å². The molecule has 0 aliphatic heterocycles. The van der Waals surface area contributed by atoms with Gasteiger partial charge in [-0.15, -0.1) is 0 Å². The minimum atomic E-state index is 0.302. The molecule has 0 saturated carbocycles. The number of hydrogen-bond donors (Lipinski definition) is 1. The van der Waals surface area contributed by atoms with Crippen LogP contribution in [0, 0.1) is 0 Å². The Balaban J connectivity index is 1.88. The summed E-state index contributed by atoms with van der Waals surface area (Å²) in [6.45, 7) is 8.21. The van der Waals surface area contributed by atoms with Crippen molar-refractivity contribution in [2.45, 2.75) is 45.9 Å². The second-order valence-electron chi connectivity index (χ2n) is 4.65. The average molecular weight is 247 g/mol. The van der Waals surface area contributed by atoms with Crippen LogP contribution in [0.3, 0.4) is 0 Å². The second kappa shape index (κ2) is 5.82. The van der Waals surface area contributed by atoms with E-state index in [0.717, 1.165) is 13.1 Å². The maximum atomic E-state index is 4.30. The summed E-state index contributed by atoms with van der Waals surface area (Å²) in [5.74, 6) is 0. The maximum Gasteiger partial charge on any atom is 0.0560 e. The second-order valence-corrected chi connectivity index (χ2v) is 4.65. The van der Waals surface area contributed by atoms with Crippen LogP contribution in [-0.2, 0) is 13.1 Å². The van der Waals surface area contributed by atoms with Crippen LogP contribution in [0.15, 0.2) is 30.9 Å². The van der Waals surface area contributed by atoms with Crippen molar-refractivity contribution < 1.29 is 0 Å². The summed E-state index contributed by atoms with van der Waals surface area (Å²) in [5, 5.41) is 12.1. The average Bonchev–Trinajstić information content (AvgIpc) is 2.98. The van der Waals surface area contributed by atoms with Crippen LogP contribution in [0.1, 0.15) is 32.4 Å². The molecule has 98 valence electrons. The van der Waals surface area contributed by atoms with Gasteiger partial charge in [0.2, 0.25) is 0 Å². The van der Waals surface area contributed by atoms with Crippen LogP contribution >= 0.6 is 0 Å². The van der Waals surface area contributed by atoms with Gasteiger partial charge in [0.05, 0.1) is 12.7 Å². The highest BCUT2D eigenvalue weighted by Crippen LogP contribution is 2.12. The fourth-order valence-corrected chi connectivity index (χ4v) is 2.04. The number of nitrogens with zero attached hydrogens (tertiary/aromatic N) is 4. The lowest BCUT2D eigenvalue weighted by Crippen LogP contribution is -2.32. The zero-order valence-corrected chi connectivity index (χ0v) is 11.2. The molecule has 18 heavy (non-hydrogen) atoms. The van der Waals surface area contributed by atoms with Gasteiger partial charge in [-0.05, 0) is 26.8 Å². The van der Waals surface area contributed by atoms with E-state index >= 15 is 0 Å². The molecule has 2 rings (SSSR count). The summed E-state index contributed by atoms with van der Waals surface area (Å²) < 4.78 is 3.89. The lowest BCUT2D eigenvalue weighted by atomic mass is 10.1. The molecule has 5 heteroatoms. The molecular weight excluding hydrogens is 226 g/mol. The molecule has 2 aromatic rings. The van der Waals surface area contributed by atoms with Gasteiger partial charge in [-0.3, -0.25) is 9.36 Å². The highest BCUT2D eigenvalue weighted by atomic mass is 15.3. The highest BCUT2D eigenvalue weighted by molar-refractivity contribution is 5.09. The predicted octanol–water partition coefficient (Wildman–Crippen LogP) is 1.84. The van der Waals surface area contributed by atoms with Crippen molar-refractivity contribution in [3.05, 3.63) is 36.4 Å². The van der Waals surface area contributed by atoms with Crippen molar-refractivity contribution in [3.8, 4) is 0 Å². The Kier molecular flexibility index (Phi) is 4.15. The standard InChI is InChI=1S/C13H21N5/c1-4-17-10-13(8-15-17)12(3)16-11(2)9-18-7-5-6-14-18/h5-8,10-12,16H,4,9H2,1-3H3. The number of aromatic nitrogens is 4. The van der Waals surface area contributed by atoms with Crippen LogP contribution in [0.5, 0.6) is 0 Å². The zero-order valence-electron chi connectivity index (χ0n) is 11.2. The van der Waals surface area contributed by atoms with Crippen LogP contribution in [-0.4, -0.2) is 25.6 Å². The van der Waals surface area contributed by atoms with E-state index in [1.165, 1.54) is 5.56 Å². The van der Waals surface area contributed by atoms with E-state index in [2.05, 4.69) is 42.5 Å². The predicted molar refractivity (Wildman–Crippen MR) is 71.1 cm³/mol. The molecule has 2 aromatic heterocycles. The van der Waals surface area contributed by atoms with Crippen molar-refractivity contribution >= 4 is 0 Å². The Morgan fingerprint density at radius 2 is 2.11 bits per heavy atom. The molecule has 1 N–H and O–H groups in total. The van der Waals surface area contributed by atoms with Crippen molar-refractivity contribution in [2.24, 2.45) is 0 Å². The smallest absolute Gasteiger partial charge is 0.0560 e. The van der Waals surface area contributed by atoms with Gasteiger partial charge in [0.25, 0.3) is 0 Å². The van der Waals surface area contributed by atoms with Crippen molar-refractivity contribution in [1.29, 1.82) is 0 Å². The molecule has 5 nitrogen and oxygen atoms in total. The Labute approximate surface area is 108 Å². The molecule has 0 aliphatic carbocycles. The normalized spacial score (nSPS) is 14.6. The van der Waals surface area contributed by atoms with E-state index in [-0.39, 0.29) is 0 Å². The van der Waals surface area contributed by atoms with Gasteiger partial charge in [-0.2, -0.15) is 10.2 Å². The van der Waals surface area contributed by atoms with Crippen molar-refractivity contribution in [2.75, 3.05) is 0 Å². The van der Waals surface area contributed by atoms with Crippen LogP contribution in [0.2, 0.25) is 0 Å². The first-order chi connectivity index (χ1) is 8.69. The number of aryl methyl sites for hydroxylation is 1. The molecule has 0 bridgehead atoms. The molecule has 0 amide bonds. The Morgan fingerprint density at radius 1 is 1.28 bits per heavy atom. The minimum absolute atomic E-state index is 0.302. The number of hydrogen-bond acceptors (Lipinski definition) is 3. The molecule has 2 atom stereocenters. The number of nitrogens with one attached hydrogen (secondary N) is 1. The van der Waals surface area contributed by atoms with E-state index in [0.29, 0.717) is 12.1 Å². The van der Waals surface area contributed by atoms with Gasteiger partial charge in [0.1, 0.15) is 0 Å². The van der Waals surface area contributed by atoms with Gasteiger partial charge in [0, 0.05) is 42.8 Å². The summed E-state index contributed by atoms with van der Waals surface area (Å²) in [4.78, 5) is 0. The van der Waals surface area contributed by atoms with Gasteiger partial charge in [-0.25, -0.2) is 0 Å². The van der Waals surface area contributed by atoms with E-state index in [1.807, 2.05) is 27.8 Å². The highest BCUT2D eigenvalue weighted by Gasteiger charge is 2.11. The third-order valence-electron chi connectivity index (χ3n) is 3.03. The molecule has 0 aliphatic rings. The first kappa shape index (κ1) is 12.8. The SMILES string of the molecule is CCn1cc(C(C)NC(C)Cn2cccn2)cn1. The van der Waals surface area contributed by atoms with Gasteiger partial charge in [-0.1, -0.05) is 0 Å². The lowest BCUT2D eigenvalue weighted by molar-refractivity contribution is 0.413. The van der Waals surface area contributed by atoms with E-state index in [4.69, 9.17) is 0 Å². The Hall–Kier alpha value is -1.62. The summed E-state index contributed by atoms with van der Waals surface area (Å²) in [7, 11) is 0. The largest absolute Gasteiger partial charge is 0.306 e. The van der Waals surface area contributed by atoms with E-state index in [1.54, 1.807) is 6.20 Å². The first-order valence-corrected chi connectivity index (χ1v) is 6.45. The van der Waals surface area contributed by atoms with Gasteiger partial charge >= 0.3 is 0 Å². The monoisotopic (exact) mass is 247 g/mol. The lowest BCUT2D eigenvalue weighted by Gasteiger charge is -2.19. The molecule has 0 fully saturated rings. The number of rotatable bonds is 6. The third kappa shape index (κ3) is 3.20. The van der Waals surface area contributed by atoms with Gasteiger partial charge in [0.15, 0.2) is 0 Å². The Morgan fingerprint density at radius 3 is 2.72 bits per heavy atom. The van der Waals surface area contributed by atoms with Crippen LogP contribution in [0.4, 0.5) is 0 Å². The molecule has 0 saturated heterocycles. The fourth-order valence-electron chi connectivity index (χ4n) is 2.04. The third-order valence-corrected chi connectivity index (χ3v) is 3.03. The van der Waals surface area contributed by atoms with Crippen LogP contribution < -0.4 is 5.32 Å². The zero-order chi connectivity index (χ0) is 13.0. The molecular formula is C13H21N5. The molecule has 0 spiro atoms. The topological polar surface area (TPSA) is 47.7 Å². The summed E-state index contributed by atoms with van der Waals surface area (Å²) in [6, 6.07) is 2.61. The summed E-state index contributed by atoms with van der Waals surface area (Å²) in [5.41, 5.74) is 1.23. The molecule has 0 radical (unpaired) electrons. The van der Waals surface area contributed by atoms with Crippen LogP contribution in [0.25, 0.3) is 0 Å². The quantitative estimate of drug-likeness (QED) is 0.847. The van der Waals surface area contributed by atoms with E-state index in [9.17, 15) is 0 Å². The molecule has 0 aromatic carbocycles. The first-order valence-electron chi connectivity index (χ1n) is 6.45. The van der Waals surface area contributed by atoms with Gasteiger partial charge < -0.3 is 5.32 Å². The Bertz CT molecular complexity index is 459. The fraction of sp³-hybridized carbons (Fsp3) is 0.538. The molecule has 2 heterocycles. The van der Waals surface area contributed by atoms with Crippen molar-refractivity contribution in [3.63, 3.8) is 0 Å². The minimum Gasteiger partial charge on any atom is -0.306 e. The summed E-state index contributed by atoms with van der Waals surface area (Å²) in [6.07, 6.45) is 7.82.